The first kappa shape index (κ1) is 46.2. The second kappa shape index (κ2) is 25.6. The number of allylic oxidation sites excluding steroid dienone is 2. The molecule has 0 saturated heterocycles. The molecule has 0 spiro atoms. The summed E-state index contributed by atoms with van der Waals surface area (Å²) in [4.78, 5) is 26.4. The molecule has 0 aliphatic carbocycles. The van der Waals surface area contributed by atoms with Crippen LogP contribution in [-0.4, -0.2) is 25.2 Å². The Hall–Kier alpha value is -4.92. The molecule has 314 valence electrons. The fourth-order valence-electron chi connectivity index (χ4n) is 6.64. The SMILES string of the molecule is C=CCCCCCCCCOc1ccc(-c2ccc(C(=O)Oc3cc(OC(=O)c4ccc(-c5ccc(OCCCCCCCCC=C)cc5)cc4)c(Br)cc3Br)cc2)cc1. The second-order valence-electron chi connectivity index (χ2n) is 14.8. The third-order valence-electron chi connectivity index (χ3n) is 10.2. The van der Waals surface area contributed by atoms with Gasteiger partial charge in [-0.2, -0.15) is 0 Å². The first-order chi connectivity index (χ1) is 29.3. The molecule has 0 heterocycles. The van der Waals surface area contributed by atoms with E-state index in [9.17, 15) is 9.59 Å². The van der Waals surface area contributed by atoms with E-state index in [1.807, 2.05) is 84.9 Å². The highest BCUT2D eigenvalue weighted by molar-refractivity contribution is 9.11. The van der Waals surface area contributed by atoms with Crippen molar-refractivity contribution in [1.29, 1.82) is 0 Å². The summed E-state index contributed by atoms with van der Waals surface area (Å²) >= 11 is 6.94. The van der Waals surface area contributed by atoms with E-state index in [-0.39, 0.29) is 11.5 Å². The van der Waals surface area contributed by atoms with Gasteiger partial charge >= 0.3 is 11.9 Å². The van der Waals surface area contributed by atoms with Crippen molar-refractivity contribution < 1.29 is 28.5 Å². The van der Waals surface area contributed by atoms with Gasteiger partial charge in [-0.1, -0.05) is 112 Å². The second-order valence-corrected chi connectivity index (χ2v) is 16.5. The summed E-state index contributed by atoms with van der Waals surface area (Å²) in [5.41, 5.74) is 4.72. The summed E-state index contributed by atoms with van der Waals surface area (Å²) in [5, 5.41) is 0. The number of unbranched alkanes of at least 4 members (excludes halogenated alkanes) is 12. The van der Waals surface area contributed by atoms with Crippen molar-refractivity contribution in [2.75, 3.05) is 13.2 Å². The number of ether oxygens (including phenoxy) is 4. The van der Waals surface area contributed by atoms with Crippen LogP contribution in [0, 0.1) is 0 Å². The van der Waals surface area contributed by atoms with Crippen molar-refractivity contribution in [3.63, 3.8) is 0 Å². The van der Waals surface area contributed by atoms with E-state index in [0.717, 1.165) is 59.4 Å². The fraction of sp³-hybridized carbons (Fsp3) is 0.308. The van der Waals surface area contributed by atoms with Crippen LogP contribution >= 0.6 is 31.9 Å². The molecule has 0 aliphatic rings. The number of rotatable bonds is 26. The van der Waals surface area contributed by atoms with Gasteiger partial charge in [0.05, 0.1) is 33.3 Å². The van der Waals surface area contributed by atoms with Gasteiger partial charge in [-0.15, -0.1) is 13.2 Å². The Labute approximate surface area is 373 Å². The Balaban J connectivity index is 1.07. The Morgan fingerprint density at radius 2 is 0.750 bits per heavy atom. The van der Waals surface area contributed by atoms with E-state index < -0.39 is 11.9 Å². The molecule has 0 aliphatic heterocycles. The van der Waals surface area contributed by atoms with Gasteiger partial charge in [0.2, 0.25) is 0 Å². The predicted molar refractivity (Wildman–Crippen MR) is 252 cm³/mol. The van der Waals surface area contributed by atoms with Gasteiger partial charge in [0, 0.05) is 6.07 Å². The lowest BCUT2D eigenvalue weighted by atomic mass is 10.0. The van der Waals surface area contributed by atoms with Crippen molar-refractivity contribution in [3.8, 4) is 45.3 Å². The molecular weight excluding hydrogens is 880 g/mol. The van der Waals surface area contributed by atoms with Crippen LogP contribution in [0.2, 0.25) is 0 Å². The lowest BCUT2D eigenvalue weighted by Gasteiger charge is -2.12. The molecule has 5 aromatic carbocycles. The van der Waals surface area contributed by atoms with Crippen LogP contribution in [-0.2, 0) is 0 Å². The van der Waals surface area contributed by atoms with Gasteiger partial charge in [0.1, 0.15) is 23.0 Å². The number of esters is 2. The molecule has 8 heteroatoms. The smallest absolute Gasteiger partial charge is 0.343 e. The van der Waals surface area contributed by atoms with Crippen LogP contribution in [0.5, 0.6) is 23.0 Å². The molecule has 60 heavy (non-hydrogen) atoms. The number of halogens is 2. The molecule has 0 radical (unpaired) electrons. The van der Waals surface area contributed by atoms with E-state index in [0.29, 0.717) is 33.3 Å². The van der Waals surface area contributed by atoms with E-state index in [4.69, 9.17) is 18.9 Å². The summed E-state index contributed by atoms with van der Waals surface area (Å²) in [7, 11) is 0. The third-order valence-corrected chi connectivity index (χ3v) is 11.4. The minimum absolute atomic E-state index is 0.215. The highest BCUT2D eigenvalue weighted by atomic mass is 79.9. The fourth-order valence-corrected chi connectivity index (χ4v) is 7.80. The van der Waals surface area contributed by atoms with Crippen molar-refractivity contribution in [1.82, 2.24) is 0 Å². The number of hydrogen-bond donors (Lipinski definition) is 0. The molecule has 0 unspecified atom stereocenters. The Kier molecular flexibility index (Phi) is 19.7. The molecule has 0 atom stereocenters. The van der Waals surface area contributed by atoms with E-state index in [1.54, 1.807) is 30.3 Å². The van der Waals surface area contributed by atoms with Crippen LogP contribution < -0.4 is 18.9 Å². The lowest BCUT2D eigenvalue weighted by Crippen LogP contribution is -2.11. The van der Waals surface area contributed by atoms with Gasteiger partial charge in [0.15, 0.2) is 0 Å². The average Bonchev–Trinajstić information content (AvgIpc) is 3.27. The highest BCUT2D eigenvalue weighted by Crippen LogP contribution is 2.37. The molecule has 0 bridgehead atoms. The molecular formula is C52H56Br2O6. The summed E-state index contributed by atoms with van der Waals surface area (Å²) in [6.07, 6.45) is 20.6. The predicted octanol–water partition coefficient (Wildman–Crippen LogP) is 15.6. The van der Waals surface area contributed by atoms with Crippen LogP contribution in [0.25, 0.3) is 22.3 Å². The van der Waals surface area contributed by atoms with Gasteiger partial charge in [0.25, 0.3) is 0 Å². The number of carbonyl (C=O) groups is 2. The maximum atomic E-state index is 13.2. The normalized spacial score (nSPS) is 10.8. The van der Waals surface area contributed by atoms with Crippen LogP contribution in [0.1, 0.15) is 111 Å². The highest BCUT2D eigenvalue weighted by Gasteiger charge is 2.18. The minimum atomic E-state index is -0.543. The van der Waals surface area contributed by atoms with Crippen molar-refractivity contribution in [2.24, 2.45) is 0 Å². The first-order valence-electron chi connectivity index (χ1n) is 21.2. The standard InChI is InChI=1S/C52H56Br2O6/c1-3-5-7-9-11-13-15-17-35-57-45-31-27-41(28-32-45)39-19-23-43(24-20-39)51(55)59-49-38-50(48(54)37-47(49)53)60-52(56)44-25-21-40(22-26-44)42-29-33-46(34-30-42)58-36-18-16-14-12-10-8-6-4-2/h3-4,19-34,37-38H,1-2,5-18,35-36H2. The van der Waals surface area contributed by atoms with Crippen molar-refractivity contribution in [2.45, 2.75) is 89.9 Å². The maximum Gasteiger partial charge on any atom is 0.343 e. The molecule has 6 nitrogen and oxygen atoms in total. The molecule has 5 rings (SSSR count). The Morgan fingerprint density at radius 3 is 1.10 bits per heavy atom. The number of carbonyl (C=O) groups excluding carboxylic acids is 2. The minimum Gasteiger partial charge on any atom is -0.494 e. The maximum absolute atomic E-state index is 13.2. The third kappa shape index (κ3) is 15.3. The van der Waals surface area contributed by atoms with Crippen LogP contribution in [0.3, 0.4) is 0 Å². The molecule has 0 fully saturated rings. The lowest BCUT2D eigenvalue weighted by molar-refractivity contribution is 0.0731. The molecule has 5 aromatic rings. The summed E-state index contributed by atoms with van der Waals surface area (Å²) < 4.78 is 24.5. The van der Waals surface area contributed by atoms with Gasteiger partial charge in [-0.05, 0) is 147 Å². The Bertz CT molecular complexity index is 1940. The van der Waals surface area contributed by atoms with E-state index >= 15 is 0 Å². The van der Waals surface area contributed by atoms with Crippen LogP contribution in [0.4, 0.5) is 0 Å². The quantitative estimate of drug-likeness (QED) is 0.0238. The van der Waals surface area contributed by atoms with Crippen molar-refractivity contribution in [3.05, 3.63) is 155 Å². The molecule has 0 N–H and O–H groups in total. The summed E-state index contributed by atoms with van der Waals surface area (Å²) in [5.74, 6) is 1.04. The summed E-state index contributed by atoms with van der Waals surface area (Å²) in [6.45, 7) is 8.98. The molecule has 0 amide bonds. The number of benzene rings is 5. The number of hydrogen-bond acceptors (Lipinski definition) is 6. The molecule has 0 saturated carbocycles. The topological polar surface area (TPSA) is 71.1 Å². The van der Waals surface area contributed by atoms with Gasteiger partial charge in [-0.25, -0.2) is 9.59 Å². The van der Waals surface area contributed by atoms with Crippen LogP contribution in [0.15, 0.2) is 143 Å². The summed E-state index contributed by atoms with van der Waals surface area (Å²) in [6, 6.07) is 33.6. The zero-order chi connectivity index (χ0) is 42.4. The van der Waals surface area contributed by atoms with E-state index in [1.165, 1.54) is 70.3 Å². The monoisotopic (exact) mass is 934 g/mol. The first-order valence-corrected chi connectivity index (χ1v) is 22.7. The zero-order valence-electron chi connectivity index (χ0n) is 34.5. The van der Waals surface area contributed by atoms with Gasteiger partial charge in [-0.3, -0.25) is 0 Å². The largest absolute Gasteiger partial charge is 0.494 e. The zero-order valence-corrected chi connectivity index (χ0v) is 37.7. The molecule has 0 aromatic heterocycles. The van der Waals surface area contributed by atoms with Gasteiger partial charge < -0.3 is 18.9 Å². The van der Waals surface area contributed by atoms with Crippen molar-refractivity contribution >= 4 is 43.8 Å². The Morgan fingerprint density at radius 1 is 0.433 bits per heavy atom. The average molecular weight is 937 g/mol. The van der Waals surface area contributed by atoms with E-state index in [2.05, 4.69) is 45.0 Å².